The zero-order valence-corrected chi connectivity index (χ0v) is 16.7. The van der Waals surface area contributed by atoms with Gasteiger partial charge in [0.2, 0.25) is 5.91 Å². The van der Waals surface area contributed by atoms with Crippen LogP contribution < -0.4 is 15.5 Å². The normalized spacial score (nSPS) is 19.8. The first kappa shape index (κ1) is 19.3. The molecule has 0 aromatic carbocycles. The van der Waals surface area contributed by atoms with Crippen molar-refractivity contribution >= 4 is 23.6 Å². The van der Waals surface area contributed by atoms with Crippen LogP contribution in [0.15, 0.2) is 16.7 Å². The molecule has 1 aliphatic carbocycles. The highest BCUT2D eigenvalue weighted by atomic mass is 16.5. The smallest absolute Gasteiger partial charge is 0.407 e. The Morgan fingerprint density at radius 3 is 2.97 bits per heavy atom. The fourth-order valence-electron chi connectivity index (χ4n) is 3.35. The molecular weight excluding hydrogens is 376 g/mol. The first-order chi connectivity index (χ1) is 13.9. The summed E-state index contributed by atoms with van der Waals surface area (Å²) in [6.07, 6.45) is 2.71. The summed E-state index contributed by atoms with van der Waals surface area (Å²) in [5.41, 5.74) is 0.671. The van der Waals surface area contributed by atoms with Crippen molar-refractivity contribution in [3.05, 3.63) is 23.6 Å². The Labute approximate surface area is 168 Å². The van der Waals surface area contributed by atoms with Crippen LogP contribution in [0.3, 0.4) is 0 Å². The number of aromatic nitrogens is 3. The number of ether oxygens (including phenoxy) is 1. The summed E-state index contributed by atoms with van der Waals surface area (Å²) in [6.45, 7) is 5.79. The number of alkyl carbamates (subject to hydrolysis) is 1. The summed E-state index contributed by atoms with van der Waals surface area (Å²) in [6, 6.07) is 3.53. The second-order valence-corrected chi connectivity index (χ2v) is 8.18. The van der Waals surface area contributed by atoms with Crippen molar-refractivity contribution in [3.63, 3.8) is 0 Å². The van der Waals surface area contributed by atoms with Gasteiger partial charge in [0.15, 0.2) is 5.82 Å². The van der Waals surface area contributed by atoms with Crippen LogP contribution in [0.25, 0.3) is 0 Å². The highest BCUT2D eigenvalue weighted by Gasteiger charge is 2.39. The molecule has 156 valence electrons. The summed E-state index contributed by atoms with van der Waals surface area (Å²) in [4.78, 5) is 26.1. The minimum Gasteiger partial charge on any atom is -0.449 e. The number of carbonyl (C=O) groups excluding carboxylic acids is 2. The summed E-state index contributed by atoms with van der Waals surface area (Å²) in [5, 5.41) is 16.6. The van der Waals surface area contributed by atoms with Gasteiger partial charge in [0.25, 0.3) is 0 Å². The first-order valence-corrected chi connectivity index (χ1v) is 9.86. The molecule has 2 amide bonds. The highest BCUT2D eigenvalue weighted by Crippen LogP contribution is 2.34. The number of carbonyl (C=O) groups is 2. The Bertz CT molecular complexity index is 887. The molecule has 2 aromatic rings. The fraction of sp³-hybridized carbons (Fsp3) is 0.579. The molecule has 3 N–H and O–H groups in total. The predicted octanol–water partition coefficient (Wildman–Crippen LogP) is 1.99. The minimum absolute atomic E-state index is 0.0685. The van der Waals surface area contributed by atoms with Gasteiger partial charge in [0.1, 0.15) is 11.6 Å². The van der Waals surface area contributed by atoms with Crippen LogP contribution in [-0.2, 0) is 16.0 Å². The number of anilines is 2. The van der Waals surface area contributed by atoms with E-state index in [4.69, 9.17) is 9.26 Å². The quantitative estimate of drug-likeness (QED) is 0.647. The lowest BCUT2D eigenvalue weighted by molar-refractivity contribution is -0.115. The molecule has 10 nitrogen and oxygen atoms in total. The molecule has 2 aromatic heterocycles. The molecule has 4 rings (SSSR count). The number of nitrogens with one attached hydrogen (secondary N) is 3. The lowest BCUT2D eigenvalue weighted by Crippen LogP contribution is -2.35. The van der Waals surface area contributed by atoms with Crippen molar-refractivity contribution in [2.45, 2.75) is 45.1 Å². The molecule has 10 heteroatoms. The third-order valence-corrected chi connectivity index (χ3v) is 5.31. The van der Waals surface area contributed by atoms with Crippen LogP contribution in [0.4, 0.5) is 16.4 Å². The molecule has 3 heterocycles. The predicted molar refractivity (Wildman–Crippen MR) is 105 cm³/mol. The molecule has 1 aliphatic heterocycles. The van der Waals surface area contributed by atoms with Crippen molar-refractivity contribution in [2.75, 3.05) is 29.9 Å². The van der Waals surface area contributed by atoms with Crippen molar-refractivity contribution in [1.29, 1.82) is 0 Å². The second kappa shape index (κ2) is 7.76. The van der Waals surface area contributed by atoms with E-state index in [0.29, 0.717) is 18.2 Å². The van der Waals surface area contributed by atoms with Crippen LogP contribution in [0.5, 0.6) is 0 Å². The van der Waals surface area contributed by atoms with Crippen LogP contribution in [0, 0.1) is 12.8 Å². The summed E-state index contributed by atoms with van der Waals surface area (Å²) < 4.78 is 10.4. The van der Waals surface area contributed by atoms with E-state index in [0.717, 1.165) is 43.9 Å². The summed E-state index contributed by atoms with van der Waals surface area (Å²) >= 11 is 0. The molecule has 1 saturated carbocycles. The molecule has 1 saturated heterocycles. The van der Waals surface area contributed by atoms with Gasteiger partial charge in [0, 0.05) is 36.7 Å². The number of rotatable bonds is 7. The van der Waals surface area contributed by atoms with Crippen molar-refractivity contribution < 1.29 is 18.8 Å². The number of H-pyrrole nitrogens is 1. The van der Waals surface area contributed by atoms with Gasteiger partial charge < -0.3 is 24.8 Å². The molecular formula is C19H26N6O4. The van der Waals surface area contributed by atoms with Crippen LogP contribution in [-0.4, -0.2) is 52.6 Å². The SMILES string of the molecule is Cc1cc(CC(=O)Nc2cc(N3CC[C@H](COC(=O)NC4(C)CC4)C3)n[nH]2)on1. The minimum atomic E-state index is -0.338. The van der Waals surface area contributed by atoms with E-state index < -0.39 is 0 Å². The Kier molecular flexibility index (Phi) is 5.16. The van der Waals surface area contributed by atoms with Gasteiger partial charge in [-0.1, -0.05) is 5.16 Å². The average molecular weight is 402 g/mol. The highest BCUT2D eigenvalue weighted by molar-refractivity contribution is 5.91. The van der Waals surface area contributed by atoms with E-state index in [-0.39, 0.29) is 29.9 Å². The van der Waals surface area contributed by atoms with E-state index in [1.165, 1.54) is 0 Å². The third kappa shape index (κ3) is 5.07. The van der Waals surface area contributed by atoms with Gasteiger partial charge >= 0.3 is 6.09 Å². The molecule has 0 unspecified atom stereocenters. The lowest BCUT2D eigenvalue weighted by atomic mass is 10.1. The maximum atomic E-state index is 12.1. The maximum Gasteiger partial charge on any atom is 0.407 e. The molecule has 2 fully saturated rings. The molecule has 0 radical (unpaired) electrons. The van der Waals surface area contributed by atoms with Gasteiger partial charge in [-0.15, -0.1) is 0 Å². The maximum absolute atomic E-state index is 12.1. The van der Waals surface area contributed by atoms with Crippen LogP contribution in [0.2, 0.25) is 0 Å². The number of aryl methyl sites for hydroxylation is 1. The van der Waals surface area contributed by atoms with Crippen LogP contribution >= 0.6 is 0 Å². The van der Waals surface area contributed by atoms with E-state index in [2.05, 4.69) is 30.9 Å². The topological polar surface area (TPSA) is 125 Å². The zero-order valence-electron chi connectivity index (χ0n) is 16.7. The molecule has 0 spiro atoms. The van der Waals surface area contributed by atoms with Gasteiger partial charge in [0.05, 0.1) is 18.7 Å². The molecule has 2 aliphatic rings. The molecule has 1 atom stereocenters. The largest absolute Gasteiger partial charge is 0.449 e. The number of hydrogen-bond donors (Lipinski definition) is 3. The monoisotopic (exact) mass is 402 g/mol. The van der Waals surface area contributed by atoms with Crippen molar-refractivity contribution in [3.8, 4) is 0 Å². The summed E-state index contributed by atoms with van der Waals surface area (Å²) in [5.74, 6) is 1.85. The van der Waals surface area contributed by atoms with E-state index in [1.807, 2.05) is 6.92 Å². The Morgan fingerprint density at radius 2 is 2.24 bits per heavy atom. The second-order valence-electron chi connectivity index (χ2n) is 8.18. The first-order valence-electron chi connectivity index (χ1n) is 9.86. The Balaban J connectivity index is 1.22. The molecule has 29 heavy (non-hydrogen) atoms. The third-order valence-electron chi connectivity index (χ3n) is 5.31. The van der Waals surface area contributed by atoms with E-state index in [9.17, 15) is 9.59 Å². The molecule has 0 bridgehead atoms. The van der Waals surface area contributed by atoms with Gasteiger partial charge in [-0.3, -0.25) is 9.89 Å². The Hall–Kier alpha value is -3.04. The van der Waals surface area contributed by atoms with Gasteiger partial charge in [-0.05, 0) is 33.1 Å². The van der Waals surface area contributed by atoms with Gasteiger partial charge in [-0.2, -0.15) is 5.10 Å². The standard InChI is InChI=1S/C19H26N6O4/c1-12-7-14(29-24-12)8-17(26)20-15-9-16(23-22-15)25-6-3-13(10-25)11-28-18(27)21-19(2)4-5-19/h7,9,13H,3-6,8,10-11H2,1-2H3,(H,21,27)(H2,20,22,23,26)/t13-/m0/s1. The fourth-order valence-corrected chi connectivity index (χ4v) is 3.35. The number of nitrogens with zero attached hydrogens (tertiary/aromatic N) is 3. The zero-order chi connectivity index (χ0) is 20.4. The van der Waals surface area contributed by atoms with Crippen molar-refractivity contribution in [2.24, 2.45) is 5.92 Å². The average Bonchev–Trinajstić information content (AvgIpc) is 3.08. The number of amides is 2. The van der Waals surface area contributed by atoms with Crippen LogP contribution in [0.1, 0.15) is 37.6 Å². The van der Waals surface area contributed by atoms with E-state index in [1.54, 1.807) is 19.1 Å². The number of hydrogen-bond acceptors (Lipinski definition) is 7. The lowest BCUT2D eigenvalue weighted by Gasteiger charge is -2.16. The number of aromatic amines is 1. The van der Waals surface area contributed by atoms with Crippen molar-refractivity contribution in [1.82, 2.24) is 20.7 Å². The van der Waals surface area contributed by atoms with Gasteiger partial charge in [-0.25, -0.2) is 4.79 Å². The van der Waals surface area contributed by atoms with E-state index >= 15 is 0 Å². The Morgan fingerprint density at radius 1 is 1.41 bits per heavy atom. The summed E-state index contributed by atoms with van der Waals surface area (Å²) in [7, 11) is 0.